The first-order chi connectivity index (χ1) is 12.5. The van der Waals surface area contributed by atoms with Crippen molar-refractivity contribution >= 4 is 22.9 Å². The minimum absolute atomic E-state index is 0.0825. The van der Waals surface area contributed by atoms with Crippen LogP contribution in [-0.4, -0.2) is 38.3 Å². The fourth-order valence-corrected chi connectivity index (χ4v) is 3.28. The predicted octanol–water partition coefficient (Wildman–Crippen LogP) is 2.92. The molecule has 1 saturated carbocycles. The number of aliphatic carboxylic acids is 1. The van der Waals surface area contributed by atoms with Crippen molar-refractivity contribution < 1.29 is 14.7 Å². The number of carbonyl (C=O) groups excluding carboxylic acids is 1. The Balaban J connectivity index is 1.63. The highest BCUT2D eigenvalue weighted by atomic mass is 16.4. The summed E-state index contributed by atoms with van der Waals surface area (Å²) in [7, 11) is 1.86. The first-order valence-electron chi connectivity index (χ1n) is 9.31. The van der Waals surface area contributed by atoms with E-state index in [0.29, 0.717) is 24.4 Å². The number of carboxylic acids is 1. The van der Waals surface area contributed by atoms with Crippen molar-refractivity contribution in [1.29, 1.82) is 0 Å². The quantitative estimate of drug-likeness (QED) is 0.672. The van der Waals surface area contributed by atoms with Crippen LogP contribution in [0, 0.1) is 6.92 Å². The number of carboxylic acid groups (broad SMARTS) is 1. The molecule has 0 radical (unpaired) electrons. The average Bonchev–Trinajstić information content (AvgIpc) is 3.40. The molecule has 0 atom stereocenters. The number of pyridine rings is 1. The normalized spacial score (nSPS) is 13.9. The zero-order valence-electron chi connectivity index (χ0n) is 15.4. The lowest BCUT2D eigenvalue weighted by atomic mass is 10.1. The van der Waals surface area contributed by atoms with Crippen LogP contribution >= 0.6 is 0 Å². The van der Waals surface area contributed by atoms with Gasteiger partial charge in [0, 0.05) is 31.6 Å². The van der Waals surface area contributed by atoms with E-state index in [2.05, 4.69) is 10.4 Å². The number of fused-ring (bicyclic) bond motifs is 1. The second-order valence-electron chi connectivity index (χ2n) is 7.09. The first-order valence-corrected chi connectivity index (χ1v) is 9.31. The van der Waals surface area contributed by atoms with Gasteiger partial charge in [-0.2, -0.15) is 5.10 Å². The molecule has 26 heavy (non-hydrogen) atoms. The topological polar surface area (TPSA) is 97.1 Å². The molecule has 2 heterocycles. The van der Waals surface area contributed by atoms with E-state index in [0.717, 1.165) is 54.5 Å². The Morgan fingerprint density at radius 1 is 1.27 bits per heavy atom. The number of nitrogens with one attached hydrogen (secondary N) is 1. The Morgan fingerprint density at radius 2 is 2.00 bits per heavy atom. The molecule has 2 aromatic rings. The van der Waals surface area contributed by atoms with Gasteiger partial charge < -0.3 is 10.4 Å². The number of rotatable bonds is 9. The summed E-state index contributed by atoms with van der Waals surface area (Å²) < 4.78 is 1.75. The van der Waals surface area contributed by atoms with E-state index in [1.165, 1.54) is 0 Å². The maximum absolute atomic E-state index is 12.7. The van der Waals surface area contributed by atoms with Gasteiger partial charge in [-0.1, -0.05) is 12.8 Å². The third kappa shape index (κ3) is 4.20. The molecular weight excluding hydrogens is 332 g/mol. The van der Waals surface area contributed by atoms with Crippen LogP contribution in [0.4, 0.5) is 0 Å². The van der Waals surface area contributed by atoms with Gasteiger partial charge in [0.1, 0.15) is 0 Å². The van der Waals surface area contributed by atoms with Crippen LogP contribution in [0.15, 0.2) is 6.07 Å². The number of hydrogen-bond acceptors (Lipinski definition) is 4. The van der Waals surface area contributed by atoms with E-state index in [9.17, 15) is 9.59 Å². The van der Waals surface area contributed by atoms with E-state index in [4.69, 9.17) is 10.1 Å². The SMILES string of the molecule is Cc1nn(C)c2nc(C3CC3)cc(C(=O)NCCCCCCC(=O)O)c12. The second kappa shape index (κ2) is 7.85. The molecule has 2 N–H and O–H groups in total. The number of aryl methyl sites for hydroxylation is 2. The number of unbranched alkanes of at least 4 members (excludes halogenated alkanes) is 3. The smallest absolute Gasteiger partial charge is 0.303 e. The number of nitrogens with zero attached hydrogens (tertiary/aromatic N) is 3. The van der Waals surface area contributed by atoms with Crippen LogP contribution in [0.2, 0.25) is 0 Å². The Hall–Kier alpha value is -2.44. The molecular formula is C19H26N4O3. The van der Waals surface area contributed by atoms with Crippen molar-refractivity contribution in [3.8, 4) is 0 Å². The van der Waals surface area contributed by atoms with Gasteiger partial charge in [0.05, 0.1) is 16.6 Å². The van der Waals surface area contributed by atoms with Crippen LogP contribution in [0.3, 0.4) is 0 Å². The van der Waals surface area contributed by atoms with Gasteiger partial charge in [-0.25, -0.2) is 4.98 Å². The summed E-state index contributed by atoms with van der Waals surface area (Å²) in [5, 5.41) is 16.9. The molecule has 1 aliphatic rings. The van der Waals surface area contributed by atoms with Crippen LogP contribution in [-0.2, 0) is 11.8 Å². The summed E-state index contributed by atoms with van der Waals surface area (Å²) in [4.78, 5) is 27.9. The highest BCUT2D eigenvalue weighted by Gasteiger charge is 2.28. The Kier molecular flexibility index (Phi) is 5.54. The van der Waals surface area contributed by atoms with E-state index >= 15 is 0 Å². The summed E-state index contributed by atoms with van der Waals surface area (Å²) in [6, 6.07) is 1.93. The predicted molar refractivity (Wildman–Crippen MR) is 98.3 cm³/mol. The molecule has 0 spiro atoms. The number of hydrogen-bond donors (Lipinski definition) is 2. The molecule has 3 rings (SSSR count). The Labute approximate surface area is 152 Å². The van der Waals surface area contributed by atoms with Gasteiger partial charge in [0.15, 0.2) is 5.65 Å². The van der Waals surface area contributed by atoms with Crippen LogP contribution in [0.1, 0.15) is 72.6 Å². The van der Waals surface area contributed by atoms with Gasteiger partial charge in [-0.3, -0.25) is 14.3 Å². The van der Waals surface area contributed by atoms with Crippen LogP contribution < -0.4 is 5.32 Å². The fraction of sp³-hybridized carbons (Fsp3) is 0.579. The van der Waals surface area contributed by atoms with Crippen molar-refractivity contribution in [1.82, 2.24) is 20.1 Å². The maximum atomic E-state index is 12.7. The molecule has 7 nitrogen and oxygen atoms in total. The van der Waals surface area contributed by atoms with Crippen molar-refractivity contribution in [2.45, 2.75) is 57.8 Å². The molecule has 0 bridgehead atoms. The second-order valence-corrected chi connectivity index (χ2v) is 7.09. The average molecular weight is 358 g/mol. The summed E-state index contributed by atoms with van der Waals surface area (Å²) in [6.07, 6.45) is 5.80. The highest BCUT2D eigenvalue weighted by Crippen LogP contribution is 2.40. The van der Waals surface area contributed by atoms with Gasteiger partial charge in [0.25, 0.3) is 5.91 Å². The maximum Gasteiger partial charge on any atom is 0.303 e. The van der Waals surface area contributed by atoms with E-state index in [-0.39, 0.29) is 12.3 Å². The van der Waals surface area contributed by atoms with Crippen molar-refractivity contribution in [3.05, 3.63) is 23.0 Å². The lowest BCUT2D eigenvalue weighted by molar-refractivity contribution is -0.137. The van der Waals surface area contributed by atoms with E-state index in [1.54, 1.807) is 4.68 Å². The van der Waals surface area contributed by atoms with Crippen LogP contribution in [0.5, 0.6) is 0 Å². The zero-order chi connectivity index (χ0) is 18.7. The number of amides is 1. The molecule has 7 heteroatoms. The van der Waals surface area contributed by atoms with Gasteiger partial charge in [-0.15, -0.1) is 0 Å². The molecule has 0 unspecified atom stereocenters. The summed E-state index contributed by atoms with van der Waals surface area (Å²) >= 11 is 0. The minimum atomic E-state index is -0.752. The third-order valence-corrected chi connectivity index (χ3v) is 4.83. The lowest BCUT2D eigenvalue weighted by Crippen LogP contribution is -2.25. The Bertz CT molecular complexity index is 824. The number of aromatic nitrogens is 3. The highest BCUT2D eigenvalue weighted by molar-refractivity contribution is 6.06. The largest absolute Gasteiger partial charge is 0.481 e. The molecule has 140 valence electrons. The van der Waals surface area contributed by atoms with Gasteiger partial charge in [-0.05, 0) is 38.7 Å². The fourth-order valence-electron chi connectivity index (χ4n) is 3.28. The molecule has 1 fully saturated rings. The minimum Gasteiger partial charge on any atom is -0.481 e. The molecule has 1 aliphatic carbocycles. The van der Waals surface area contributed by atoms with Gasteiger partial charge >= 0.3 is 5.97 Å². The third-order valence-electron chi connectivity index (χ3n) is 4.83. The monoisotopic (exact) mass is 358 g/mol. The molecule has 0 aliphatic heterocycles. The number of carbonyl (C=O) groups is 2. The van der Waals surface area contributed by atoms with Crippen molar-refractivity contribution in [2.75, 3.05) is 6.54 Å². The molecule has 0 aromatic carbocycles. The molecule has 0 saturated heterocycles. The van der Waals surface area contributed by atoms with Crippen molar-refractivity contribution in [3.63, 3.8) is 0 Å². The van der Waals surface area contributed by atoms with Crippen molar-refractivity contribution in [2.24, 2.45) is 7.05 Å². The zero-order valence-corrected chi connectivity index (χ0v) is 15.4. The summed E-state index contributed by atoms with van der Waals surface area (Å²) in [5.41, 5.74) is 3.23. The Morgan fingerprint density at radius 3 is 2.69 bits per heavy atom. The lowest BCUT2D eigenvalue weighted by Gasteiger charge is -2.09. The summed E-state index contributed by atoms with van der Waals surface area (Å²) in [6.45, 7) is 2.49. The van der Waals surface area contributed by atoms with Gasteiger partial charge in [0.2, 0.25) is 0 Å². The van der Waals surface area contributed by atoms with Crippen LogP contribution in [0.25, 0.3) is 11.0 Å². The summed E-state index contributed by atoms with van der Waals surface area (Å²) in [5.74, 6) is -0.366. The van der Waals surface area contributed by atoms with E-state index in [1.807, 2.05) is 20.0 Å². The van der Waals surface area contributed by atoms with E-state index < -0.39 is 5.97 Å². The molecule has 1 amide bonds. The molecule has 2 aromatic heterocycles. The standard InChI is InChI=1S/C19H26N4O3/c1-12-17-14(19(26)20-10-6-4-3-5-7-16(24)25)11-15(13-8-9-13)21-18(17)23(2)22-12/h11,13H,3-10H2,1-2H3,(H,20,26)(H,24,25). The first kappa shape index (κ1) is 18.4.